The molecule has 0 aromatic rings. The van der Waals surface area contributed by atoms with Crippen LogP contribution >= 0.6 is 0 Å². The molecule has 98 valence electrons. The normalized spacial score (nSPS) is 37.9. The third-order valence-electron chi connectivity index (χ3n) is 4.13. The molecule has 0 bridgehead atoms. The van der Waals surface area contributed by atoms with Crippen molar-refractivity contribution in [2.75, 3.05) is 24.6 Å². The first-order valence-electron chi connectivity index (χ1n) is 6.53. The van der Waals surface area contributed by atoms with Gasteiger partial charge in [-0.15, -0.1) is 0 Å². The van der Waals surface area contributed by atoms with Gasteiger partial charge in [-0.05, 0) is 32.2 Å². The van der Waals surface area contributed by atoms with E-state index in [9.17, 15) is 9.00 Å². The van der Waals surface area contributed by atoms with Gasteiger partial charge in [0.05, 0.1) is 5.41 Å². The second-order valence-electron chi connectivity index (χ2n) is 5.16. The molecular formula is C12H22N2O2S. The Morgan fingerprint density at radius 1 is 1.47 bits per heavy atom. The van der Waals surface area contributed by atoms with Crippen LogP contribution in [0.5, 0.6) is 0 Å². The molecule has 1 unspecified atom stereocenters. The van der Waals surface area contributed by atoms with Crippen LogP contribution in [0.4, 0.5) is 0 Å². The lowest BCUT2D eigenvalue weighted by Gasteiger charge is -2.30. The van der Waals surface area contributed by atoms with Crippen LogP contribution in [0.2, 0.25) is 0 Å². The van der Waals surface area contributed by atoms with Crippen molar-refractivity contribution in [1.29, 1.82) is 0 Å². The van der Waals surface area contributed by atoms with Crippen molar-refractivity contribution in [1.82, 2.24) is 10.6 Å². The standard InChI is InChI=1S/C12H22N2O2S/c1-2-12(5-6-13-9-12)11(15)14-10-3-7-17(16)8-4-10/h10,13H,2-9H2,1H3,(H,14,15). The van der Waals surface area contributed by atoms with E-state index in [1.807, 2.05) is 0 Å². The highest BCUT2D eigenvalue weighted by molar-refractivity contribution is 7.85. The van der Waals surface area contributed by atoms with Crippen LogP contribution in [-0.2, 0) is 15.6 Å². The minimum Gasteiger partial charge on any atom is -0.353 e. The molecule has 0 spiro atoms. The molecule has 4 nitrogen and oxygen atoms in total. The van der Waals surface area contributed by atoms with Gasteiger partial charge in [0.15, 0.2) is 0 Å². The van der Waals surface area contributed by atoms with Crippen LogP contribution < -0.4 is 10.6 Å². The van der Waals surface area contributed by atoms with E-state index >= 15 is 0 Å². The van der Waals surface area contributed by atoms with E-state index in [0.717, 1.165) is 50.3 Å². The highest BCUT2D eigenvalue weighted by atomic mass is 32.2. The summed E-state index contributed by atoms with van der Waals surface area (Å²) in [7, 11) is -0.654. The summed E-state index contributed by atoms with van der Waals surface area (Å²) >= 11 is 0. The molecule has 2 aliphatic heterocycles. The van der Waals surface area contributed by atoms with Crippen LogP contribution in [0.1, 0.15) is 32.6 Å². The number of hydrogen-bond acceptors (Lipinski definition) is 3. The van der Waals surface area contributed by atoms with E-state index in [2.05, 4.69) is 17.6 Å². The predicted octanol–water partition coefficient (Wildman–Crippen LogP) is 0.403. The zero-order valence-electron chi connectivity index (χ0n) is 10.5. The molecule has 2 aliphatic rings. The lowest BCUT2D eigenvalue weighted by atomic mass is 9.83. The molecule has 2 saturated heterocycles. The van der Waals surface area contributed by atoms with Gasteiger partial charge in [0.2, 0.25) is 5.91 Å². The Morgan fingerprint density at radius 2 is 2.18 bits per heavy atom. The Hall–Kier alpha value is -0.420. The van der Waals surface area contributed by atoms with Gasteiger partial charge in [-0.3, -0.25) is 9.00 Å². The molecule has 0 aliphatic carbocycles. The summed E-state index contributed by atoms with van der Waals surface area (Å²) in [5, 5.41) is 6.44. The molecule has 5 heteroatoms. The number of rotatable bonds is 3. The first-order chi connectivity index (χ1) is 8.16. The average molecular weight is 258 g/mol. The lowest BCUT2D eigenvalue weighted by molar-refractivity contribution is -0.131. The van der Waals surface area contributed by atoms with E-state index in [0.29, 0.717) is 0 Å². The molecule has 1 atom stereocenters. The maximum atomic E-state index is 12.3. The summed E-state index contributed by atoms with van der Waals surface area (Å²) in [5.41, 5.74) is -0.198. The number of nitrogens with one attached hydrogen (secondary N) is 2. The second-order valence-corrected chi connectivity index (χ2v) is 6.85. The van der Waals surface area contributed by atoms with Gasteiger partial charge in [-0.25, -0.2) is 0 Å². The molecule has 1 amide bonds. The fourth-order valence-electron chi connectivity index (χ4n) is 2.68. The van der Waals surface area contributed by atoms with E-state index < -0.39 is 10.8 Å². The van der Waals surface area contributed by atoms with Gasteiger partial charge >= 0.3 is 0 Å². The molecule has 2 fully saturated rings. The van der Waals surface area contributed by atoms with Crippen LogP contribution in [0, 0.1) is 5.41 Å². The number of carbonyl (C=O) groups is 1. The summed E-state index contributed by atoms with van der Waals surface area (Å²) in [6.45, 7) is 3.83. The third-order valence-corrected chi connectivity index (χ3v) is 5.51. The molecule has 0 aromatic heterocycles. The van der Waals surface area contributed by atoms with Crippen LogP contribution in [0.25, 0.3) is 0 Å². The number of hydrogen-bond donors (Lipinski definition) is 2. The third kappa shape index (κ3) is 2.88. The summed E-state index contributed by atoms with van der Waals surface area (Å²) < 4.78 is 11.3. The largest absolute Gasteiger partial charge is 0.353 e. The summed E-state index contributed by atoms with van der Waals surface area (Å²) in [6.07, 6.45) is 3.57. The van der Waals surface area contributed by atoms with Crippen molar-refractivity contribution in [2.45, 2.75) is 38.6 Å². The lowest BCUT2D eigenvalue weighted by Crippen LogP contribution is -2.48. The van der Waals surface area contributed by atoms with Gasteiger partial charge in [0.25, 0.3) is 0 Å². The number of amides is 1. The second kappa shape index (κ2) is 5.48. The maximum Gasteiger partial charge on any atom is 0.227 e. The molecule has 0 radical (unpaired) electrons. The van der Waals surface area contributed by atoms with Crippen molar-refractivity contribution >= 4 is 16.7 Å². The first kappa shape index (κ1) is 13.0. The molecule has 0 saturated carbocycles. The molecule has 17 heavy (non-hydrogen) atoms. The van der Waals surface area contributed by atoms with Crippen LogP contribution in [-0.4, -0.2) is 40.8 Å². The summed E-state index contributed by atoms with van der Waals surface area (Å²) in [6, 6.07) is 0.240. The van der Waals surface area contributed by atoms with Crippen LogP contribution in [0.3, 0.4) is 0 Å². The minimum atomic E-state index is -0.654. The molecule has 0 aromatic carbocycles. The highest BCUT2D eigenvalue weighted by Gasteiger charge is 2.40. The predicted molar refractivity (Wildman–Crippen MR) is 69.3 cm³/mol. The highest BCUT2D eigenvalue weighted by Crippen LogP contribution is 2.30. The fraction of sp³-hybridized carbons (Fsp3) is 0.917. The topological polar surface area (TPSA) is 58.2 Å². The monoisotopic (exact) mass is 258 g/mol. The van der Waals surface area contributed by atoms with Gasteiger partial charge in [-0.2, -0.15) is 0 Å². The van der Waals surface area contributed by atoms with Crippen molar-refractivity contribution in [3.05, 3.63) is 0 Å². The Kier molecular flexibility index (Phi) is 4.20. The van der Waals surface area contributed by atoms with E-state index in [4.69, 9.17) is 0 Å². The summed E-state index contributed by atoms with van der Waals surface area (Å²) in [4.78, 5) is 12.3. The maximum absolute atomic E-state index is 12.3. The molecule has 2 N–H and O–H groups in total. The van der Waals surface area contributed by atoms with Gasteiger partial charge in [0.1, 0.15) is 0 Å². The van der Waals surface area contributed by atoms with Crippen molar-refractivity contribution in [2.24, 2.45) is 5.41 Å². The summed E-state index contributed by atoms with van der Waals surface area (Å²) in [5.74, 6) is 1.67. The number of carbonyl (C=O) groups excluding carboxylic acids is 1. The zero-order chi connectivity index (χ0) is 12.3. The molecule has 2 rings (SSSR count). The Bertz CT molecular complexity index is 304. The van der Waals surface area contributed by atoms with Gasteiger partial charge in [0, 0.05) is 34.9 Å². The van der Waals surface area contributed by atoms with Crippen molar-refractivity contribution < 1.29 is 9.00 Å². The van der Waals surface area contributed by atoms with E-state index in [-0.39, 0.29) is 17.4 Å². The van der Waals surface area contributed by atoms with Crippen molar-refractivity contribution in [3.8, 4) is 0 Å². The van der Waals surface area contributed by atoms with E-state index in [1.54, 1.807) is 0 Å². The fourth-order valence-corrected chi connectivity index (χ4v) is 3.98. The quantitative estimate of drug-likeness (QED) is 0.770. The molecule has 2 heterocycles. The van der Waals surface area contributed by atoms with Gasteiger partial charge < -0.3 is 10.6 Å². The zero-order valence-corrected chi connectivity index (χ0v) is 11.3. The van der Waals surface area contributed by atoms with E-state index in [1.165, 1.54) is 0 Å². The first-order valence-corrected chi connectivity index (χ1v) is 8.02. The van der Waals surface area contributed by atoms with Crippen LogP contribution in [0.15, 0.2) is 0 Å². The Labute approximate surface area is 105 Å². The van der Waals surface area contributed by atoms with Crippen molar-refractivity contribution in [3.63, 3.8) is 0 Å². The molecular weight excluding hydrogens is 236 g/mol. The minimum absolute atomic E-state index is 0.197. The Balaban J connectivity index is 1.89. The average Bonchev–Trinajstić information content (AvgIpc) is 2.82. The Morgan fingerprint density at radius 3 is 2.71 bits per heavy atom. The smallest absolute Gasteiger partial charge is 0.227 e. The SMILES string of the molecule is CCC1(C(=O)NC2CCS(=O)CC2)CCNC1. The van der Waals surface area contributed by atoms with Gasteiger partial charge in [-0.1, -0.05) is 6.92 Å².